The van der Waals surface area contributed by atoms with Crippen LogP contribution in [0.5, 0.6) is 5.75 Å². The van der Waals surface area contributed by atoms with Gasteiger partial charge < -0.3 is 14.6 Å². The molecule has 0 aliphatic heterocycles. The molecular formula is C16H25BrO3. The first-order valence-corrected chi connectivity index (χ1v) is 7.71. The van der Waals surface area contributed by atoms with E-state index in [9.17, 15) is 5.11 Å². The minimum absolute atomic E-state index is 0.0981. The monoisotopic (exact) mass is 344 g/mol. The van der Waals surface area contributed by atoms with E-state index in [0.29, 0.717) is 13.0 Å². The molecule has 1 aromatic rings. The molecular weight excluding hydrogens is 320 g/mol. The van der Waals surface area contributed by atoms with E-state index in [-0.39, 0.29) is 11.5 Å². The molecule has 1 rings (SSSR count). The van der Waals surface area contributed by atoms with Crippen molar-refractivity contribution in [2.24, 2.45) is 5.41 Å². The first-order chi connectivity index (χ1) is 9.29. The van der Waals surface area contributed by atoms with E-state index >= 15 is 0 Å². The van der Waals surface area contributed by atoms with E-state index in [4.69, 9.17) is 9.47 Å². The van der Waals surface area contributed by atoms with Gasteiger partial charge in [0.1, 0.15) is 5.75 Å². The number of methoxy groups -OCH3 is 1. The quantitative estimate of drug-likeness (QED) is 0.852. The zero-order chi connectivity index (χ0) is 15.3. The van der Waals surface area contributed by atoms with Gasteiger partial charge in [-0.25, -0.2) is 0 Å². The SMILES string of the molecule is CCOC(C(O)Cc1ccc(OC)c(Br)c1)C(C)(C)C. The van der Waals surface area contributed by atoms with Crippen LogP contribution in [0, 0.1) is 5.41 Å². The fourth-order valence-electron chi connectivity index (χ4n) is 2.30. The van der Waals surface area contributed by atoms with Gasteiger partial charge in [-0.2, -0.15) is 0 Å². The Hall–Kier alpha value is -0.580. The van der Waals surface area contributed by atoms with E-state index in [1.165, 1.54) is 0 Å². The highest BCUT2D eigenvalue weighted by Gasteiger charge is 2.31. The second-order valence-electron chi connectivity index (χ2n) is 5.98. The molecule has 0 heterocycles. The van der Waals surface area contributed by atoms with Crippen LogP contribution in [0.1, 0.15) is 33.3 Å². The van der Waals surface area contributed by atoms with Gasteiger partial charge in [0.2, 0.25) is 0 Å². The van der Waals surface area contributed by atoms with Crippen LogP contribution < -0.4 is 4.74 Å². The van der Waals surface area contributed by atoms with Gasteiger partial charge in [-0.15, -0.1) is 0 Å². The largest absolute Gasteiger partial charge is 0.496 e. The second-order valence-corrected chi connectivity index (χ2v) is 6.84. The third-order valence-electron chi connectivity index (χ3n) is 3.21. The molecule has 0 bridgehead atoms. The van der Waals surface area contributed by atoms with Crippen molar-refractivity contribution in [1.29, 1.82) is 0 Å². The maximum Gasteiger partial charge on any atom is 0.133 e. The standard InChI is InChI=1S/C16H25BrO3/c1-6-20-15(16(2,3)4)13(18)10-11-7-8-14(19-5)12(17)9-11/h7-9,13,15,18H,6,10H2,1-5H3. The summed E-state index contributed by atoms with van der Waals surface area (Å²) in [6.45, 7) is 8.81. The smallest absolute Gasteiger partial charge is 0.133 e. The molecule has 2 unspecified atom stereocenters. The molecule has 114 valence electrons. The van der Waals surface area contributed by atoms with Gasteiger partial charge in [-0.3, -0.25) is 0 Å². The summed E-state index contributed by atoms with van der Waals surface area (Å²) in [5, 5.41) is 10.5. The highest BCUT2D eigenvalue weighted by molar-refractivity contribution is 9.10. The second kappa shape index (κ2) is 7.43. The van der Waals surface area contributed by atoms with Crippen LogP contribution >= 0.6 is 15.9 Å². The zero-order valence-corrected chi connectivity index (χ0v) is 14.5. The number of rotatable bonds is 6. The number of benzene rings is 1. The third kappa shape index (κ3) is 4.76. The highest BCUT2D eigenvalue weighted by Crippen LogP contribution is 2.29. The molecule has 0 spiro atoms. The molecule has 0 aromatic heterocycles. The van der Waals surface area contributed by atoms with Crippen molar-refractivity contribution in [2.75, 3.05) is 13.7 Å². The average molecular weight is 345 g/mol. The van der Waals surface area contributed by atoms with Gasteiger partial charge in [0.25, 0.3) is 0 Å². The van der Waals surface area contributed by atoms with Gasteiger partial charge in [0.15, 0.2) is 0 Å². The van der Waals surface area contributed by atoms with E-state index in [0.717, 1.165) is 15.8 Å². The molecule has 0 saturated heterocycles. The first kappa shape index (κ1) is 17.5. The fraction of sp³-hybridized carbons (Fsp3) is 0.625. The molecule has 0 amide bonds. The fourth-order valence-corrected chi connectivity index (χ4v) is 2.89. The molecule has 0 saturated carbocycles. The van der Waals surface area contributed by atoms with Crippen LogP contribution in [0.3, 0.4) is 0 Å². The van der Waals surface area contributed by atoms with Crippen LogP contribution in [0.2, 0.25) is 0 Å². The van der Waals surface area contributed by atoms with Crippen molar-refractivity contribution < 1.29 is 14.6 Å². The highest BCUT2D eigenvalue weighted by atomic mass is 79.9. The Labute approximate surface area is 130 Å². The first-order valence-electron chi connectivity index (χ1n) is 6.91. The van der Waals surface area contributed by atoms with Gasteiger partial charge in [-0.05, 0) is 46.0 Å². The lowest BCUT2D eigenvalue weighted by Gasteiger charge is -2.34. The molecule has 0 fully saturated rings. The van der Waals surface area contributed by atoms with Crippen molar-refractivity contribution >= 4 is 15.9 Å². The maximum atomic E-state index is 10.5. The summed E-state index contributed by atoms with van der Waals surface area (Å²) in [5.41, 5.74) is 0.957. The minimum atomic E-state index is -0.532. The van der Waals surface area contributed by atoms with E-state index < -0.39 is 6.10 Å². The lowest BCUT2D eigenvalue weighted by atomic mass is 9.83. The summed E-state index contributed by atoms with van der Waals surface area (Å²) in [6, 6.07) is 5.85. The molecule has 1 aromatic carbocycles. The number of hydrogen-bond acceptors (Lipinski definition) is 3. The van der Waals surface area contributed by atoms with Crippen molar-refractivity contribution in [3.8, 4) is 5.75 Å². The summed E-state index contributed by atoms with van der Waals surface area (Å²) >= 11 is 3.47. The molecule has 0 radical (unpaired) electrons. The third-order valence-corrected chi connectivity index (χ3v) is 3.83. The minimum Gasteiger partial charge on any atom is -0.496 e. The summed E-state index contributed by atoms with van der Waals surface area (Å²) in [7, 11) is 1.64. The summed E-state index contributed by atoms with van der Waals surface area (Å²) in [6.07, 6.45) is -0.159. The molecule has 4 heteroatoms. The van der Waals surface area contributed by atoms with Crippen LogP contribution in [0.4, 0.5) is 0 Å². The Morgan fingerprint density at radius 1 is 1.30 bits per heavy atom. The van der Waals surface area contributed by atoms with Crippen LogP contribution in [0.25, 0.3) is 0 Å². The van der Waals surface area contributed by atoms with Crippen LogP contribution in [-0.2, 0) is 11.2 Å². The molecule has 1 N–H and O–H groups in total. The average Bonchev–Trinajstić information content (AvgIpc) is 2.34. The zero-order valence-electron chi connectivity index (χ0n) is 12.9. The number of ether oxygens (including phenoxy) is 2. The lowest BCUT2D eigenvalue weighted by Crippen LogP contribution is -2.41. The van der Waals surface area contributed by atoms with Crippen molar-refractivity contribution in [2.45, 2.75) is 46.3 Å². The van der Waals surface area contributed by atoms with Crippen LogP contribution in [-0.4, -0.2) is 31.0 Å². The van der Waals surface area contributed by atoms with E-state index in [1.54, 1.807) is 7.11 Å². The predicted octanol–water partition coefficient (Wildman–Crippen LogP) is 3.81. The van der Waals surface area contributed by atoms with Gasteiger partial charge in [-0.1, -0.05) is 26.8 Å². The Balaban J connectivity index is 2.82. The summed E-state index contributed by atoms with van der Waals surface area (Å²) in [4.78, 5) is 0. The molecule has 3 nitrogen and oxygen atoms in total. The van der Waals surface area contributed by atoms with Gasteiger partial charge in [0, 0.05) is 13.0 Å². The van der Waals surface area contributed by atoms with Crippen molar-refractivity contribution in [1.82, 2.24) is 0 Å². The summed E-state index contributed by atoms with van der Waals surface area (Å²) < 4.78 is 11.8. The van der Waals surface area contributed by atoms with Crippen molar-refractivity contribution in [3.05, 3.63) is 28.2 Å². The Kier molecular flexibility index (Phi) is 6.49. The Bertz CT molecular complexity index is 426. The number of hydrogen-bond donors (Lipinski definition) is 1. The molecule has 2 atom stereocenters. The topological polar surface area (TPSA) is 38.7 Å². The van der Waals surface area contributed by atoms with Crippen molar-refractivity contribution in [3.63, 3.8) is 0 Å². The normalized spacial score (nSPS) is 14.9. The lowest BCUT2D eigenvalue weighted by molar-refractivity contribution is -0.0873. The van der Waals surface area contributed by atoms with E-state index in [2.05, 4.69) is 36.7 Å². The predicted molar refractivity (Wildman–Crippen MR) is 85.3 cm³/mol. The number of aliphatic hydroxyl groups excluding tert-OH is 1. The Morgan fingerprint density at radius 3 is 2.40 bits per heavy atom. The van der Waals surface area contributed by atoms with Crippen LogP contribution in [0.15, 0.2) is 22.7 Å². The molecule has 0 aliphatic carbocycles. The number of halogens is 1. The molecule has 0 aliphatic rings. The maximum absolute atomic E-state index is 10.5. The molecule has 20 heavy (non-hydrogen) atoms. The van der Waals surface area contributed by atoms with Gasteiger partial charge in [0.05, 0.1) is 23.8 Å². The Morgan fingerprint density at radius 2 is 1.95 bits per heavy atom. The van der Waals surface area contributed by atoms with E-state index in [1.807, 2.05) is 25.1 Å². The summed E-state index contributed by atoms with van der Waals surface area (Å²) in [5.74, 6) is 0.792. The number of aliphatic hydroxyl groups is 1. The van der Waals surface area contributed by atoms with Gasteiger partial charge >= 0.3 is 0 Å².